The van der Waals surface area contributed by atoms with Gasteiger partial charge in [-0.15, -0.1) is 11.3 Å². The van der Waals surface area contributed by atoms with Crippen molar-refractivity contribution in [1.82, 2.24) is 19.4 Å². The van der Waals surface area contributed by atoms with Crippen molar-refractivity contribution in [3.8, 4) is 0 Å². The first-order valence-corrected chi connectivity index (χ1v) is 11.7. The summed E-state index contributed by atoms with van der Waals surface area (Å²) in [4.78, 5) is 23.9. The third-order valence-corrected chi connectivity index (χ3v) is 8.10. The Labute approximate surface area is 175 Å². The number of piperidine rings is 1. The second-order valence-corrected chi connectivity index (χ2v) is 10.4. The minimum absolute atomic E-state index is 0.251. The molecule has 2 aromatic rings. The minimum atomic E-state index is 0.251. The number of fused-ring (bicyclic) bond motifs is 5. The van der Waals surface area contributed by atoms with Crippen LogP contribution in [0.2, 0.25) is 0 Å². The zero-order valence-electron chi connectivity index (χ0n) is 16.7. The fourth-order valence-corrected chi connectivity index (χ4v) is 6.67. The Balaban J connectivity index is 1.20. The van der Waals surface area contributed by atoms with Crippen LogP contribution in [0.25, 0.3) is 0 Å². The average Bonchev–Trinajstić information content (AvgIpc) is 3.42. The van der Waals surface area contributed by atoms with E-state index in [-0.39, 0.29) is 5.56 Å². The molecule has 6 heterocycles. The molecule has 4 aliphatic rings. The predicted octanol–water partition coefficient (Wildman–Crippen LogP) is 2.00. The molecular formula is C22H28N4O2S. The highest BCUT2D eigenvalue weighted by atomic mass is 32.1. The van der Waals surface area contributed by atoms with E-state index in [1.54, 1.807) is 11.3 Å². The van der Waals surface area contributed by atoms with Gasteiger partial charge in [-0.1, -0.05) is 6.07 Å². The highest BCUT2D eigenvalue weighted by molar-refractivity contribution is 7.09. The maximum absolute atomic E-state index is 13.3. The molecule has 4 atom stereocenters. The summed E-state index contributed by atoms with van der Waals surface area (Å²) in [6.07, 6.45) is 3.20. The number of hydrogen-bond donors (Lipinski definition) is 0. The Morgan fingerprint density at radius 2 is 1.86 bits per heavy atom. The van der Waals surface area contributed by atoms with Crippen LogP contribution in [0, 0.1) is 17.8 Å². The topological polar surface area (TPSA) is 50.6 Å². The summed E-state index contributed by atoms with van der Waals surface area (Å²) in [5, 5.41) is 0. The molecule has 6 rings (SSSR count). The molecule has 29 heavy (non-hydrogen) atoms. The molecule has 0 aliphatic carbocycles. The van der Waals surface area contributed by atoms with Gasteiger partial charge in [0.25, 0.3) is 5.56 Å². The largest absolute Gasteiger partial charge is 0.381 e. The molecule has 2 bridgehead atoms. The lowest BCUT2D eigenvalue weighted by Crippen LogP contribution is -2.47. The number of hydrogen-bond acceptors (Lipinski definition) is 6. The summed E-state index contributed by atoms with van der Waals surface area (Å²) in [6, 6.07) is 4.36. The van der Waals surface area contributed by atoms with E-state index in [1.807, 2.05) is 11.7 Å². The van der Waals surface area contributed by atoms with Gasteiger partial charge in [-0.25, -0.2) is 0 Å². The van der Waals surface area contributed by atoms with Crippen LogP contribution in [-0.2, 0) is 24.4 Å². The number of nitrogens with zero attached hydrogens (tertiary/aromatic N) is 4. The van der Waals surface area contributed by atoms with E-state index >= 15 is 0 Å². The molecule has 3 fully saturated rings. The Morgan fingerprint density at radius 3 is 2.66 bits per heavy atom. The lowest BCUT2D eigenvalue weighted by atomic mass is 9.83. The summed E-state index contributed by atoms with van der Waals surface area (Å²) in [5.41, 5.74) is 4.38. The Morgan fingerprint density at radius 1 is 1.03 bits per heavy atom. The molecule has 4 aliphatic heterocycles. The van der Waals surface area contributed by atoms with E-state index in [4.69, 9.17) is 4.74 Å². The lowest BCUT2D eigenvalue weighted by molar-refractivity contribution is 0.115. The minimum Gasteiger partial charge on any atom is -0.381 e. The maximum Gasteiger partial charge on any atom is 0.255 e. The van der Waals surface area contributed by atoms with Crippen LogP contribution in [0.15, 0.2) is 28.6 Å². The van der Waals surface area contributed by atoms with Crippen LogP contribution < -0.4 is 5.56 Å². The molecule has 2 aromatic heterocycles. The van der Waals surface area contributed by atoms with Crippen LogP contribution in [0.3, 0.4) is 0 Å². The van der Waals surface area contributed by atoms with Gasteiger partial charge in [-0.05, 0) is 18.4 Å². The molecule has 0 N–H and O–H groups in total. The van der Waals surface area contributed by atoms with Crippen molar-refractivity contribution in [2.24, 2.45) is 17.8 Å². The van der Waals surface area contributed by atoms with E-state index in [9.17, 15) is 4.79 Å². The maximum atomic E-state index is 13.3. The molecule has 0 amide bonds. The highest BCUT2D eigenvalue weighted by Gasteiger charge is 2.38. The third-order valence-electron chi connectivity index (χ3n) is 7.33. The van der Waals surface area contributed by atoms with E-state index in [0.717, 1.165) is 64.6 Å². The van der Waals surface area contributed by atoms with Crippen LogP contribution in [0.4, 0.5) is 0 Å². The molecule has 7 heteroatoms. The molecule has 0 radical (unpaired) electrons. The van der Waals surface area contributed by atoms with Crippen LogP contribution in [0.1, 0.15) is 28.5 Å². The first-order chi connectivity index (χ1) is 14.2. The number of thiazole rings is 1. The fourth-order valence-electron chi connectivity index (χ4n) is 6.03. The molecule has 0 saturated carbocycles. The van der Waals surface area contributed by atoms with Gasteiger partial charge in [-0.2, -0.15) is 0 Å². The van der Waals surface area contributed by atoms with Gasteiger partial charge in [0.2, 0.25) is 0 Å². The zero-order chi connectivity index (χ0) is 19.4. The first kappa shape index (κ1) is 18.2. The standard InChI is InChI=1S/C22H28N4O2S/c27-22-16(7-25-9-18-12-28-13-19(18)10-25)1-2-21-17-3-15(6-26(21)22)5-24(8-17)11-20-4-23-14-29-20/h1-2,4,14-15,17-19H,3,5-13H2/t15-,17+,18-,19+/m0/s1. The first-order valence-electron chi connectivity index (χ1n) is 10.9. The Hall–Kier alpha value is -1.54. The molecular weight excluding hydrogens is 384 g/mol. The van der Waals surface area contributed by atoms with Gasteiger partial charge in [0.05, 0.1) is 18.7 Å². The van der Waals surface area contributed by atoms with Crippen LogP contribution >= 0.6 is 11.3 Å². The third kappa shape index (κ3) is 3.38. The summed E-state index contributed by atoms with van der Waals surface area (Å²) in [7, 11) is 0. The SMILES string of the molecule is O=c1c(CN2C[C@H]3COC[C@H]3C2)ccc2n1C[C@H]1C[C@@H]2CN(Cc2cncs2)C1. The van der Waals surface area contributed by atoms with Gasteiger partial charge in [0, 0.05) is 85.9 Å². The average molecular weight is 413 g/mol. The van der Waals surface area contributed by atoms with Crippen molar-refractivity contribution in [2.45, 2.75) is 32.0 Å². The summed E-state index contributed by atoms with van der Waals surface area (Å²) >= 11 is 1.74. The van der Waals surface area contributed by atoms with Crippen molar-refractivity contribution in [3.63, 3.8) is 0 Å². The quantitative estimate of drug-likeness (QED) is 0.769. The number of likely N-dealkylation sites (tertiary alicyclic amines) is 2. The number of pyridine rings is 1. The lowest BCUT2D eigenvalue weighted by Gasteiger charge is -2.42. The van der Waals surface area contributed by atoms with Gasteiger partial charge < -0.3 is 9.30 Å². The van der Waals surface area contributed by atoms with E-state index in [0.29, 0.717) is 23.7 Å². The predicted molar refractivity (Wildman–Crippen MR) is 112 cm³/mol. The van der Waals surface area contributed by atoms with E-state index in [1.165, 1.54) is 17.0 Å². The Kier molecular flexibility index (Phi) is 4.60. The van der Waals surface area contributed by atoms with Gasteiger partial charge in [0.15, 0.2) is 0 Å². The summed E-state index contributed by atoms with van der Waals surface area (Å²) in [5.74, 6) is 2.38. The summed E-state index contributed by atoms with van der Waals surface area (Å²) < 4.78 is 7.70. The van der Waals surface area contributed by atoms with Crippen molar-refractivity contribution >= 4 is 11.3 Å². The van der Waals surface area contributed by atoms with Crippen LogP contribution in [-0.4, -0.2) is 58.7 Å². The molecule has 3 saturated heterocycles. The van der Waals surface area contributed by atoms with E-state index < -0.39 is 0 Å². The zero-order valence-corrected chi connectivity index (χ0v) is 17.5. The number of aromatic nitrogens is 2. The van der Waals surface area contributed by atoms with Crippen molar-refractivity contribution in [3.05, 3.63) is 50.3 Å². The smallest absolute Gasteiger partial charge is 0.255 e. The molecule has 0 spiro atoms. The van der Waals surface area contributed by atoms with Gasteiger partial charge in [0.1, 0.15) is 0 Å². The fraction of sp³-hybridized carbons (Fsp3) is 0.636. The van der Waals surface area contributed by atoms with Crippen molar-refractivity contribution < 1.29 is 4.74 Å². The highest BCUT2D eigenvalue weighted by Crippen LogP contribution is 2.36. The second-order valence-electron chi connectivity index (χ2n) is 9.41. The molecule has 0 aromatic carbocycles. The van der Waals surface area contributed by atoms with E-state index in [2.05, 4.69) is 31.5 Å². The van der Waals surface area contributed by atoms with Crippen molar-refractivity contribution in [1.29, 1.82) is 0 Å². The molecule has 0 unspecified atom stereocenters. The monoisotopic (exact) mass is 412 g/mol. The molecule has 6 nitrogen and oxygen atoms in total. The Bertz CT molecular complexity index is 931. The molecule has 154 valence electrons. The number of rotatable bonds is 4. The summed E-state index contributed by atoms with van der Waals surface area (Å²) in [6.45, 7) is 8.71. The van der Waals surface area contributed by atoms with Crippen LogP contribution in [0.5, 0.6) is 0 Å². The normalized spacial score (nSPS) is 31.7. The van der Waals surface area contributed by atoms with Gasteiger partial charge >= 0.3 is 0 Å². The number of ether oxygens (including phenoxy) is 1. The van der Waals surface area contributed by atoms with Gasteiger partial charge in [-0.3, -0.25) is 19.6 Å². The second kappa shape index (κ2) is 7.30. The van der Waals surface area contributed by atoms with Crippen molar-refractivity contribution in [2.75, 3.05) is 39.4 Å².